The number of hydrogen-bond donors (Lipinski definition) is 1. The van der Waals surface area contributed by atoms with Crippen molar-refractivity contribution in [3.8, 4) is 0 Å². The van der Waals surface area contributed by atoms with E-state index in [0.29, 0.717) is 12.1 Å². The maximum absolute atomic E-state index is 5.32. The third-order valence-electron chi connectivity index (χ3n) is 2.56. The van der Waals surface area contributed by atoms with Crippen molar-refractivity contribution in [2.75, 3.05) is 13.7 Å². The Kier molecular flexibility index (Phi) is 5.91. The van der Waals surface area contributed by atoms with Gasteiger partial charge in [-0.15, -0.1) is 0 Å². The van der Waals surface area contributed by atoms with E-state index in [-0.39, 0.29) is 0 Å². The Labute approximate surface area is 96.7 Å². The second kappa shape index (κ2) is 6.99. The molecule has 0 radical (unpaired) electrons. The van der Waals surface area contributed by atoms with Crippen LogP contribution in [0.25, 0.3) is 0 Å². The van der Waals surface area contributed by atoms with Gasteiger partial charge in [-0.2, -0.15) is 11.3 Å². The molecule has 15 heavy (non-hydrogen) atoms. The molecule has 2 unspecified atom stereocenters. The minimum Gasteiger partial charge on any atom is -0.382 e. The predicted octanol–water partition coefficient (Wildman–Crippen LogP) is 3.21. The number of hydrogen-bond acceptors (Lipinski definition) is 3. The quantitative estimate of drug-likeness (QED) is 0.772. The van der Waals surface area contributed by atoms with Crippen LogP contribution < -0.4 is 5.32 Å². The van der Waals surface area contributed by atoms with Crippen LogP contribution in [-0.2, 0) is 4.74 Å². The molecule has 0 aromatic carbocycles. The molecule has 0 fully saturated rings. The Bertz CT molecular complexity index is 248. The van der Waals surface area contributed by atoms with E-state index in [1.165, 1.54) is 12.0 Å². The summed E-state index contributed by atoms with van der Waals surface area (Å²) in [4.78, 5) is 0. The average molecular weight is 227 g/mol. The van der Waals surface area contributed by atoms with Crippen molar-refractivity contribution >= 4 is 11.3 Å². The monoisotopic (exact) mass is 227 g/mol. The van der Waals surface area contributed by atoms with Crippen LogP contribution in [0, 0.1) is 0 Å². The third-order valence-corrected chi connectivity index (χ3v) is 3.26. The zero-order chi connectivity index (χ0) is 11.1. The van der Waals surface area contributed by atoms with Gasteiger partial charge in [0, 0.05) is 13.2 Å². The fraction of sp³-hybridized carbons (Fsp3) is 0.667. The Morgan fingerprint density at radius 3 is 2.87 bits per heavy atom. The highest BCUT2D eigenvalue weighted by Crippen LogP contribution is 2.21. The van der Waals surface area contributed by atoms with Crippen LogP contribution in [0.5, 0.6) is 0 Å². The first-order valence-electron chi connectivity index (χ1n) is 5.56. The summed E-state index contributed by atoms with van der Waals surface area (Å²) in [5.74, 6) is 0. The van der Waals surface area contributed by atoms with Crippen molar-refractivity contribution in [3.63, 3.8) is 0 Å². The molecule has 2 nitrogen and oxygen atoms in total. The SMILES string of the molecule is CCCNC(CC(C)OC)c1ccsc1. The van der Waals surface area contributed by atoms with E-state index in [0.717, 1.165) is 13.0 Å². The molecule has 86 valence electrons. The summed E-state index contributed by atoms with van der Waals surface area (Å²) in [5, 5.41) is 7.91. The van der Waals surface area contributed by atoms with Gasteiger partial charge in [0.1, 0.15) is 0 Å². The summed E-state index contributed by atoms with van der Waals surface area (Å²) in [6.45, 7) is 5.38. The van der Waals surface area contributed by atoms with Crippen molar-refractivity contribution in [1.29, 1.82) is 0 Å². The molecule has 1 aromatic heterocycles. The van der Waals surface area contributed by atoms with E-state index in [9.17, 15) is 0 Å². The standard InChI is InChI=1S/C12H21NOS/c1-4-6-13-12(8-10(2)14-3)11-5-7-15-9-11/h5,7,9-10,12-13H,4,6,8H2,1-3H3. The van der Waals surface area contributed by atoms with Gasteiger partial charge < -0.3 is 10.1 Å². The van der Waals surface area contributed by atoms with Gasteiger partial charge in [-0.1, -0.05) is 6.92 Å². The highest BCUT2D eigenvalue weighted by atomic mass is 32.1. The van der Waals surface area contributed by atoms with Gasteiger partial charge in [0.05, 0.1) is 6.10 Å². The molecular weight excluding hydrogens is 206 g/mol. The first-order valence-corrected chi connectivity index (χ1v) is 6.50. The number of ether oxygens (including phenoxy) is 1. The summed E-state index contributed by atoms with van der Waals surface area (Å²) in [5.41, 5.74) is 1.39. The molecule has 1 aromatic rings. The summed E-state index contributed by atoms with van der Waals surface area (Å²) in [7, 11) is 1.77. The van der Waals surface area contributed by atoms with Crippen LogP contribution in [0.4, 0.5) is 0 Å². The lowest BCUT2D eigenvalue weighted by Gasteiger charge is -2.20. The molecule has 0 aliphatic carbocycles. The van der Waals surface area contributed by atoms with E-state index < -0.39 is 0 Å². The first kappa shape index (κ1) is 12.7. The van der Waals surface area contributed by atoms with Gasteiger partial charge in [0.2, 0.25) is 0 Å². The fourth-order valence-electron chi connectivity index (χ4n) is 1.56. The smallest absolute Gasteiger partial charge is 0.0561 e. The van der Waals surface area contributed by atoms with Crippen molar-refractivity contribution in [1.82, 2.24) is 5.32 Å². The van der Waals surface area contributed by atoms with E-state index in [1.807, 2.05) is 0 Å². The highest BCUT2D eigenvalue weighted by molar-refractivity contribution is 7.07. The minimum atomic E-state index is 0.305. The molecule has 0 amide bonds. The van der Waals surface area contributed by atoms with Gasteiger partial charge in [-0.3, -0.25) is 0 Å². The van der Waals surface area contributed by atoms with Gasteiger partial charge in [-0.25, -0.2) is 0 Å². The molecule has 0 saturated carbocycles. The summed E-state index contributed by atoms with van der Waals surface area (Å²) in [6.07, 6.45) is 2.51. The summed E-state index contributed by atoms with van der Waals surface area (Å²) < 4.78 is 5.32. The second-order valence-corrected chi connectivity index (χ2v) is 4.63. The van der Waals surface area contributed by atoms with Crippen LogP contribution in [-0.4, -0.2) is 19.8 Å². The molecule has 1 rings (SSSR count). The molecule has 1 N–H and O–H groups in total. The largest absolute Gasteiger partial charge is 0.382 e. The van der Waals surface area contributed by atoms with E-state index in [1.54, 1.807) is 18.4 Å². The highest BCUT2D eigenvalue weighted by Gasteiger charge is 2.14. The topological polar surface area (TPSA) is 21.3 Å². The maximum Gasteiger partial charge on any atom is 0.0561 e. The van der Waals surface area contributed by atoms with E-state index in [2.05, 4.69) is 36.0 Å². The normalized spacial score (nSPS) is 15.1. The molecule has 0 aliphatic rings. The van der Waals surface area contributed by atoms with Gasteiger partial charge in [0.15, 0.2) is 0 Å². The third kappa shape index (κ3) is 4.33. The van der Waals surface area contributed by atoms with Crippen LogP contribution in [0.3, 0.4) is 0 Å². The number of thiophene rings is 1. The molecule has 1 heterocycles. The Balaban J connectivity index is 2.53. The lowest BCUT2D eigenvalue weighted by molar-refractivity contribution is 0.100. The zero-order valence-corrected chi connectivity index (χ0v) is 10.6. The number of methoxy groups -OCH3 is 1. The van der Waals surface area contributed by atoms with Gasteiger partial charge in [0.25, 0.3) is 0 Å². The maximum atomic E-state index is 5.32. The minimum absolute atomic E-state index is 0.305. The lowest BCUT2D eigenvalue weighted by atomic mass is 10.0. The fourth-order valence-corrected chi connectivity index (χ4v) is 2.27. The number of rotatable bonds is 7. The summed E-state index contributed by atoms with van der Waals surface area (Å²) >= 11 is 1.76. The van der Waals surface area contributed by atoms with Crippen molar-refractivity contribution in [2.24, 2.45) is 0 Å². The molecule has 0 aliphatic heterocycles. The first-order chi connectivity index (χ1) is 7.27. The van der Waals surface area contributed by atoms with Crippen molar-refractivity contribution < 1.29 is 4.74 Å². The average Bonchev–Trinajstić information content (AvgIpc) is 2.77. The van der Waals surface area contributed by atoms with Crippen LogP contribution in [0.2, 0.25) is 0 Å². The second-order valence-electron chi connectivity index (χ2n) is 3.85. The van der Waals surface area contributed by atoms with E-state index in [4.69, 9.17) is 4.74 Å². The van der Waals surface area contributed by atoms with Crippen LogP contribution in [0.1, 0.15) is 38.3 Å². The van der Waals surface area contributed by atoms with Gasteiger partial charge in [-0.05, 0) is 48.7 Å². The van der Waals surface area contributed by atoms with Gasteiger partial charge >= 0.3 is 0 Å². The van der Waals surface area contributed by atoms with Crippen molar-refractivity contribution in [3.05, 3.63) is 22.4 Å². The lowest BCUT2D eigenvalue weighted by Crippen LogP contribution is -2.25. The molecule has 3 heteroatoms. The van der Waals surface area contributed by atoms with Crippen LogP contribution in [0.15, 0.2) is 16.8 Å². The molecule has 2 atom stereocenters. The zero-order valence-electron chi connectivity index (χ0n) is 9.82. The Hall–Kier alpha value is -0.380. The molecule has 0 saturated heterocycles. The van der Waals surface area contributed by atoms with Crippen LogP contribution >= 0.6 is 11.3 Å². The Morgan fingerprint density at radius 1 is 1.53 bits per heavy atom. The predicted molar refractivity (Wildman–Crippen MR) is 66.4 cm³/mol. The summed E-state index contributed by atoms with van der Waals surface area (Å²) in [6, 6.07) is 2.63. The molecular formula is C12H21NOS. The van der Waals surface area contributed by atoms with E-state index >= 15 is 0 Å². The molecule has 0 spiro atoms. The Morgan fingerprint density at radius 2 is 2.33 bits per heavy atom. The molecule has 0 bridgehead atoms. The van der Waals surface area contributed by atoms with Crippen molar-refractivity contribution in [2.45, 2.75) is 38.8 Å². The number of nitrogens with one attached hydrogen (secondary N) is 1.